The van der Waals surface area contributed by atoms with E-state index in [9.17, 15) is 4.79 Å². The summed E-state index contributed by atoms with van der Waals surface area (Å²) >= 11 is 1.24. The minimum Gasteiger partial charge on any atom is -0.465 e. The van der Waals surface area contributed by atoms with Gasteiger partial charge in [-0.3, -0.25) is 0 Å². The fourth-order valence-corrected chi connectivity index (χ4v) is 2.21. The molecular formula is C10H12N4O2S. The summed E-state index contributed by atoms with van der Waals surface area (Å²) in [6, 6.07) is 0. The van der Waals surface area contributed by atoms with Crippen LogP contribution in [-0.2, 0) is 11.2 Å². The Morgan fingerprint density at radius 3 is 3.00 bits per heavy atom. The summed E-state index contributed by atoms with van der Waals surface area (Å²) in [5.74, 6) is 1.13. The van der Waals surface area contributed by atoms with Crippen molar-refractivity contribution in [1.82, 2.24) is 19.7 Å². The molecule has 0 aliphatic heterocycles. The molecule has 0 saturated carbocycles. The van der Waals surface area contributed by atoms with Gasteiger partial charge in [0.25, 0.3) is 0 Å². The number of esters is 1. The van der Waals surface area contributed by atoms with E-state index < -0.39 is 0 Å². The van der Waals surface area contributed by atoms with Gasteiger partial charge in [0.1, 0.15) is 16.5 Å². The molecule has 0 aliphatic carbocycles. The maximum absolute atomic E-state index is 11.3. The van der Waals surface area contributed by atoms with Crippen molar-refractivity contribution in [2.75, 3.05) is 7.11 Å². The van der Waals surface area contributed by atoms with Gasteiger partial charge in [0, 0.05) is 6.42 Å². The van der Waals surface area contributed by atoms with Crippen LogP contribution in [0.4, 0.5) is 0 Å². The quantitative estimate of drug-likeness (QED) is 0.772. The van der Waals surface area contributed by atoms with Crippen LogP contribution in [0.1, 0.15) is 28.2 Å². The Morgan fingerprint density at radius 1 is 1.59 bits per heavy atom. The third kappa shape index (κ3) is 2.19. The molecule has 0 amide bonds. The van der Waals surface area contributed by atoms with Crippen molar-refractivity contribution in [1.29, 1.82) is 0 Å². The first-order valence-corrected chi connectivity index (χ1v) is 5.94. The molecule has 0 fully saturated rings. The van der Waals surface area contributed by atoms with Crippen molar-refractivity contribution in [3.05, 3.63) is 22.7 Å². The lowest BCUT2D eigenvalue weighted by Crippen LogP contribution is -2.01. The molecule has 2 aromatic rings. The number of aromatic nitrogens is 4. The lowest BCUT2D eigenvalue weighted by molar-refractivity contribution is 0.0606. The largest absolute Gasteiger partial charge is 0.465 e. The summed E-state index contributed by atoms with van der Waals surface area (Å²) in [4.78, 5) is 20.2. The van der Waals surface area contributed by atoms with Gasteiger partial charge < -0.3 is 4.74 Å². The van der Waals surface area contributed by atoms with Gasteiger partial charge in [-0.25, -0.2) is 14.8 Å². The van der Waals surface area contributed by atoms with Gasteiger partial charge in [-0.2, -0.15) is 4.68 Å². The lowest BCUT2D eigenvalue weighted by Gasteiger charge is -1.97. The number of carbonyl (C=O) groups is 1. The molecule has 2 heterocycles. The first-order valence-electron chi connectivity index (χ1n) is 5.12. The molecule has 0 N–H and O–H groups in total. The number of rotatable bonds is 3. The van der Waals surface area contributed by atoms with Gasteiger partial charge >= 0.3 is 5.97 Å². The zero-order chi connectivity index (χ0) is 12.4. The molecule has 0 aliphatic rings. The summed E-state index contributed by atoms with van der Waals surface area (Å²) in [6.45, 7) is 3.82. The Kier molecular flexibility index (Phi) is 3.19. The number of hydrogen-bond acceptors (Lipinski definition) is 6. The maximum atomic E-state index is 11.3. The molecule has 0 atom stereocenters. The third-order valence-corrected chi connectivity index (χ3v) is 3.11. The predicted octanol–water partition coefficient (Wildman–Crippen LogP) is 1.38. The number of thiazole rings is 1. The van der Waals surface area contributed by atoms with Crippen LogP contribution in [0.5, 0.6) is 0 Å². The topological polar surface area (TPSA) is 69.9 Å². The Morgan fingerprint density at radius 2 is 2.35 bits per heavy atom. The van der Waals surface area contributed by atoms with Crippen molar-refractivity contribution < 1.29 is 9.53 Å². The highest BCUT2D eigenvalue weighted by molar-refractivity contribution is 7.15. The monoisotopic (exact) mass is 252 g/mol. The van der Waals surface area contributed by atoms with Gasteiger partial charge in [0.2, 0.25) is 5.13 Å². The van der Waals surface area contributed by atoms with Crippen LogP contribution in [-0.4, -0.2) is 32.8 Å². The Hall–Kier alpha value is -1.76. The van der Waals surface area contributed by atoms with E-state index in [1.54, 1.807) is 4.68 Å². The van der Waals surface area contributed by atoms with Crippen molar-refractivity contribution in [2.24, 2.45) is 0 Å². The predicted molar refractivity (Wildman–Crippen MR) is 62.5 cm³/mol. The van der Waals surface area contributed by atoms with Crippen LogP contribution in [0.3, 0.4) is 0 Å². The van der Waals surface area contributed by atoms with Gasteiger partial charge in [-0.1, -0.05) is 18.3 Å². The molecule has 0 radical (unpaired) electrons. The highest BCUT2D eigenvalue weighted by Crippen LogP contribution is 2.19. The summed E-state index contributed by atoms with van der Waals surface area (Å²) in [5, 5.41) is 4.88. The fourth-order valence-electron chi connectivity index (χ4n) is 1.40. The molecule has 0 saturated heterocycles. The highest BCUT2D eigenvalue weighted by Gasteiger charge is 2.15. The number of ether oxygens (including phenoxy) is 1. The first kappa shape index (κ1) is 11.7. The lowest BCUT2D eigenvalue weighted by atomic mass is 10.5. The molecule has 6 nitrogen and oxygen atoms in total. The van der Waals surface area contributed by atoms with Crippen molar-refractivity contribution in [2.45, 2.75) is 20.3 Å². The third-order valence-electron chi connectivity index (χ3n) is 2.16. The molecule has 0 bridgehead atoms. The van der Waals surface area contributed by atoms with Crippen LogP contribution in [0, 0.1) is 6.92 Å². The van der Waals surface area contributed by atoms with E-state index in [4.69, 9.17) is 0 Å². The second-order valence-electron chi connectivity index (χ2n) is 3.34. The van der Waals surface area contributed by atoms with Gasteiger partial charge in [0.15, 0.2) is 0 Å². The molecule has 17 heavy (non-hydrogen) atoms. The number of carbonyl (C=O) groups excluding carboxylic acids is 1. The van der Waals surface area contributed by atoms with Gasteiger partial charge in [-0.15, -0.1) is 5.10 Å². The minimum absolute atomic E-state index is 0.386. The Bertz CT molecular complexity index is 546. The molecule has 2 rings (SSSR count). The Balaban J connectivity index is 2.39. The minimum atomic E-state index is -0.386. The van der Waals surface area contributed by atoms with E-state index in [2.05, 4.69) is 19.8 Å². The van der Waals surface area contributed by atoms with Crippen molar-refractivity contribution >= 4 is 17.3 Å². The highest BCUT2D eigenvalue weighted by atomic mass is 32.1. The number of nitrogens with zero attached hydrogens (tertiary/aromatic N) is 4. The average Bonchev–Trinajstić information content (AvgIpc) is 2.93. The summed E-state index contributed by atoms with van der Waals surface area (Å²) in [7, 11) is 1.35. The first-order chi connectivity index (χ1) is 8.15. The molecule has 2 aromatic heterocycles. The smallest absolute Gasteiger partial charge is 0.349 e. The molecule has 90 valence electrons. The Labute approximate surface area is 102 Å². The molecular weight excluding hydrogens is 240 g/mol. The summed E-state index contributed by atoms with van der Waals surface area (Å²) < 4.78 is 6.29. The van der Waals surface area contributed by atoms with Crippen LogP contribution >= 0.6 is 11.3 Å². The SMILES string of the molecule is CCc1nc(C)nn1-c1ncc(C(=O)OC)s1. The zero-order valence-corrected chi connectivity index (χ0v) is 10.6. The van der Waals surface area contributed by atoms with Crippen LogP contribution in [0.15, 0.2) is 6.20 Å². The van der Waals surface area contributed by atoms with E-state index in [1.807, 2.05) is 13.8 Å². The van der Waals surface area contributed by atoms with E-state index >= 15 is 0 Å². The molecule has 0 spiro atoms. The molecule has 0 aromatic carbocycles. The number of hydrogen-bond donors (Lipinski definition) is 0. The second-order valence-corrected chi connectivity index (χ2v) is 4.35. The van der Waals surface area contributed by atoms with E-state index in [-0.39, 0.29) is 5.97 Å². The van der Waals surface area contributed by atoms with E-state index in [1.165, 1.54) is 24.6 Å². The summed E-state index contributed by atoms with van der Waals surface area (Å²) in [5.41, 5.74) is 0. The van der Waals surface area contributed by atoms with E-state index in [0.29, 0.717) is 15.8 Å². The second kappa shape index (κ2) is 4.62. The number of aryl methyl sites for hydroxylation is 2. The summed E-state index contributed by atoms with van der Waals surface area (Å²) in [6.07, 6.45) is 2.25. The van der Waals surface area contributed by atoms with E-state index in [0.717, 1.165) is 12.2 Å². The van der Waals surface area contributed by atoms with Crippen LogP contribution in [0.2, 0.25) is 0 Å². The van der Waals surface area contributed by atoms with Crippen LogP contribution in [0.25, 0.3) is 5.13 Å². The standard InChI is InChI=1S/C10H12N4O2S/c1-4-8-12-6(2)13-14(8)10-11-5-7(17-10)9(15)16-3/h5H,4H2,1-3H3. The molecule has 0 unspecified atom stereocenters. The molecule has 7 heteroatoms. The number of methoxy groups -OCH3 is 1. The zero-order valence-electron chi connectivity index (χ0n) is 9.80. The maximum Gasteiger partial charge on any atom is 0.349 e. The van der Waals surface area contributed by atoms with Gasteiger partial charge in [-0.05, 0) is 6.92 Å². The fraction of sp³-hybridized carbons (Fsp3) is 0.400. The van der Waals surface area contributed by atoms with Gasteiger partial charge in [0.05, 0.1) is 13.3 Å². The van der Waals surface area contributed by atoms with Crippen molar-refractivity contribution in [3.63, 3.8) is 0 Å². The van der Waals surface area contributed by atoms with Crippen LogP contribution < -0.4 is 0 Å². The normalized spacial score (nSPS) is 10.5. The average molecular weight is 252 g/mol. The van der Waals surface area contributed by atoms with Crippen molar-refractivity contribution in [3.8, 4) is 5.13 Å².